The summed E-state index contributed by atoms with van der Waals surface area (Å²) in [6, 6.07) is 6.46. The molecule has 158 valence electrons. The molecule has 0 aromatic heterocycles. The minimum absolute atomic E-state index is 0.169. The number of halogens is 1. The number of hydrogen-bond acceptors (Lipinski definition) is 4. The van der Waals surface area contributed by atoms with E-state index in [9.17, 15) is 4.39 Å². The van der Waals surface area contributed by atoms with Crippen LogP contribution in [0.25, 0.3) is 0 Å². The lowest BCUT2D eigenvalue weighted by molar-refractivity contribution is 0.136. The van der Waals surface area contributed by atoms with Gasteiger partial charge in [-0.05, 0) is 45.0 Å². The SMILES string of the molecule is CCN1CCN(CCCCNC(=NC)NCC(C)Oc2ccccc2F)CC1. The van der Waals surface area contributed by atoms with Crippen molar-refractivity contribution in [1.29, 1.82) is 0 Å². The summed E-state index contributed by atoms with van der Waals surface area (Å²) < 4.78 is 19.3. The predicted molar refractivity (Wildman–Crippen MR) is 114 cm³/mol. The fraction of sp³-hybridized carbons (Fsp3) is 0.667. The summed E-state index contributed by atoms with van der Waals surface area (Å²) in [6.07, 6.45) is 2.12. The standard InChI is InChI=1S/C21H36FN5O/c1-4-26-13-15-27(16-14-26)12-8-7-11-24-21(23-3)25-17-18(2)28-20-10-6-5-9-19(20)22/h5-6,9-10,18H,4,7-8,11-17H2,1-3H3,(H2,23,24,25). The normalized spacial score (nSPS) is 17.4. The van der Waals surface area contributed by atoms with Crippen LogP contribution in [-0.4, -0.2) is 81.3 Å². The first-order valence-electron chi connectivity index (χ1n) is 10.4. The van der Waals surface area contributed by atoms with Gasteiger partial charge in [-0.15, -0.1) is 0 Å². The zero-order valence-corrected chi connectivity index (χ0v) is 17.6. The van der Waals surface area contributed by atoms with Gasteiger partial charge in [0.1, 0.15) is 6.10 Å². The van der Waals surface area contributed by atoms with E-state index in [0.29, 0.717) is 6.54 Å². The molecule has 0 saturated carbocycles. The van der Waals surface area contributed by atoms with E-state index in [1.807, 2.05) is 6.92 Å². The monoisotopic (exact) mass is 393 g/mol. The van der Waals surface area contributed by atoms with Crippen LogP contribution >= 0.6 is 0 Å². The van der Waals surface area contributed by atoms with Crippen molar-refractivity contribution in [2.75, 3.05) is 59.4 Å². The molecule has 7 heteroatoms. The predicted octanol–water partition coefficient (Wildman–Crippen LogP) is 2.18. The summed E-state index contributed by atoms with van der Waals surface area (Å²) in [4.78, 5) is 9.30. The van der Waals surface area contributed by atoms with Crippen molar-refractivity contribution < 1.29 is 9.13 Å². The van der Waals surface area contributed by atoms with Gasteiger partial charge in [-0.3, -0.25) is 4.99 Å². The fourth-order valence-corrected chi connectivity index (χ4v) is 3.26. The van der Waals surface area contributed by atoms with Crippen LogP contribution < -0.4 is 15.4 Å². The molecule has 0 aliphatic carbocycles. The molecule has 1 aromatic rings. The number of unbranched alkanes of at least 4 members (excludes halogenated alkanes) is 1. The molecule has 6 nitrogen and oxygen atoms in total. The molecule has 1 atom stereocenters. The molecule has 1 aliphatic rings. The Kier molecular flexibility index (Phi) is 10.1. The van der Waals surface area contributed by atoms with E-state index >= 15 is 0 Å². The van der Waals surface area contributed by atoms with E-state index < -0.39 is 0 Å². The number of aliphatic imine (C=N–C) groups is 1. The first kappa shape index (κ1) is 22.4. The lowest BCUT2D eigenvalue weighted by Gasteiger charge is -2.34. The van der Waals surface area contributed by atoms with Crippen LogP contribution in [0.3, 0.4) is 0 Å². The Morgan fingerprint density at radius 3 is 2.54 bits per heavy atom. The van der Waals surface area contributed by atoms with E-state index in [4.69, 9.17) is 4.74 Å². The molecule has 1 heterocycles. The van der Waals surface area contributed by atoms with Gasteiger partial charge in [0.05, 0.1) is 6.54 Å². The number of ether oxygens (including phenoxy) is 1. The molecule has 1 unspecified atom stereocenters. The highest BCUT2D eigenvalue weighted by atomic mass is 19.1. The maximum atomic E-state index is 13.6. The summed E-state index contributed by atoms with van der Waals surface area (Å²) in [5.41, 5.74) is 0. The maximum absolute atomic E-state index is 13.6. The van der Waals surface area contributed by atoms with Gasteiger partial charge in [-0.25, -0.2) is 4.39 Å². The van der Waals surface area contributed by atoms with Crippen LogP contribution in [0.4, 0.5) is 4.39 Å². The number of guanidine groups is 1. The third-order valence-electron chi connectivity index (χ3n) is 5.05. The van der Waals surface area contributed by atoms with E-state index in [2.05, 4.69) is 32.3 Å². The van der Waals surface area contributed by atoms with E-state index in [1.54, 1.807) is 25.2 Å². The Hall–Kier alpha value is -1.86. The Morgan fingerprint density at radius 2 is 1.86 bits per heavy atom. The maximum Gasteiger partial charge on any atom is 0.191 e. The molecule has 1 fully saturated rings. The van der Waals surface area contributed by atoms with Gasteiger partial charge in [0.25, 0.3) is 0 Å². The number of hydrogen-bond donors (Lipinski definition) is 2. The molecule has 28 heavy (non-hydrogen) atoms. The largest absolute Gasteiger partial charge is 0.486 e. The van der Waals surface area contributed by atoms with Gasteiger partial charge in [-0.1, -0.05) is 19.1 Å². The number of nitrogens with one attached hydrogen (secondary N) is 2. The summed E-state index contributed by atoms with van der Waals surface area (Å²) >= 11 is 0. The lowest BCUT2D eigenvalue weighted by atomic mass is 10.2. The summed E-state index contributed by atoms with van der Waals surface area (Å²) in [5, 5.41) is 6.57. The van der Waals surface area contributed by atoms with Gasteiger partial charge in [-0.2, -0.15) is 0 Å². The third-order valence-corrected chi connectivity index (χ3v) is 5.05. The van der Waals surface area contributed by atoms with Crippen molar-refractivity contribution in [3.05, 3.63) is 30.1 Å². The second-order valence-corrected chi connectivity index (χ2v) is 7.22. The van der Waals surface area contributed by atoms with Crippen molar-refractivity contribution in [3.8, 4) is 5.75 Å². The van der Waals surface area contributed by atoms with Crippen LogP contribution in [0.15, 0.2) is 29.3 Å². The molecule has 1 aliphatic heterocycles. The quantitative estimate of drug-likeness (QED) is 0.363. The molecule has 0 radical (unpaired) electrons. The third kappa shape index (κ3) is 8.02. The molecule has 1 aromatic carbocycles. The Balaban J connectivity index is 1.55. The molecule has 2 rings (SSSR count). The second-order valence-electron chi connectivity index (χ2n) is 7.22. The van der Waals surface area contributed by atoms with Gasteiger partial charge in [0.2, 0.25) is 0 Å². The molecule has 2 N–H and O–H groups in total. The zero-order valence-electron chi connectivity index (χ0n) is 17.6. The zero-order chi connectivity index (χ0) is 20.2. The number of piperazine rings is 1. The van der Waals surface area contributed by atoms with Gasteiger partial charge in [0.15, 0.2) is 17.5 Å². The Bertz CT molecular complexity index is 590. The smallest absolute Gasteiger partial charge is 0.191 e. The summed E-state index contributed by atoms with van der Waals surface area (Å²) in [5.74, 6) is 0.688. The van der Waals surface area contributed by atoms with Crippen LogP contribution in [0, 0.1) is 5.82 Å². The lowest BCUT2D eigenvalue weighted by Crippen LogP contribution is -2.46. The minimum atomic E-state index is -0.340. The van der Waals surface area contributed by atoms with Crippen LogP contribution in [0.1, 0.15) is 26.7 Å². The van der Waals surface area contributed by atoms with Crippen LogP contribution in [0.2, 0.25) is 0 Å². The van der Waals surface area contributed by atoms with Crippen LogP contribution in [0.5, 0.6) is 5.75 Å². The number of para-hydroxylation sites is 1. The van der Waals surface area contributed by atoms with Crippen LogP contribution in [-0.2, 0) is 0 Å². The first-order chi connectivity index (χ1) is 13.6. The Labute approximate surface area is 169 Å². The van der Waals surface area contributed by atoms with E-state index in [0.717, 1.165) is 25.5 Å². The number of benzene rings is 1. The number of rotatable bonds is 10. The Morgan fingerprint density at radius 1 is 1.14 bits per heavy atom. The average Bonchev–Trinajstić information content (AvgIpc) is 2.72. The molecule has 0 amide bonds. The summed E-state index contributed by atoms with van der Waals surface area (Å²) in [7, 11) is 1.75. The highest BCUT2D eigenvalue weighted by molar-refractivity contribution is 5.79. The topological polar surface area (TPSA) is 52.1 Å². The summed E-state index contributed by atoms with van der Waals surface area (Å²) in [6.45, 7) is 12.7. The van der Waals surface area contributed by atoms with Crippen molar-refractivity contribution >= 4 is 5.96 Å². The van der Waals surface area contributed by atoms with Crippen molar-refractivity contribution in [2.45, 2.75) is 32.8 Å². The molecule has 0 spiro atoms. The van der Waals surface area contributed by atoms with E-state index in [-0.39, 0.29) is 17.7 Å². The number of likely N-dealkylation sites (N-methyl/N-ethyl adjacent to an activating group) is 1. The fourth-order valence-electron chi connectivity index (χ4n) is 3.26. The van der Waals surface area contributed by atoms with E-state index in [1.165, 1.54) is 45.2 Å². The molecule has 0 bridgehead atoms. The minimum Gasteiger partial charge on any atom is -0.486 e. The van der Waals surface area contributed by atoms with Crippen molar-refractivity contribution in [3.63, 3.8) is 0 Å². The van der Waals surface area contributed by atoms with Gasteiger partial charge in [0, 0.05) is 39.8 Å². The molecular formula is C21H36FN5O. The highest BCUT2D eigenvalue weighted by Gasteiger charge is 2.14. The molecule has 1 saturated heterocycles. The van der Waals surface area contributed by atoms with Gasteiger partial charge >= 0.3 is 0 Å². The van der Waals surface area contributed by atoms with Crippen molar-refractivity contribution in [2.24, 2.45) is 4.99 Å². The van der Waals surface area contributed by atoms with Gasteiger partial charge < -0.3 is 25.2 Å². The van der Waals surface area contributed by atoms with Crippen molar-refractivity contribution in [1.82, 2.24) is 20.4 Å². The highest BCUT2D eigenvalue weighted by Crippen LogP contribution is 2.16. The second kappa shape index (κ2) is 12.6. The number of nitrogens with zero attached hydrogens (tertiary/aromatic N) is 3. The first-order valence-corrected chi connectivity index (χ1v) is 10.4. The molecular weight excluding hydrogens is 357 g/mol. The average molecular weight is 394 g/mol.